The van der Waals surface area contributed by atoms with Crippen LogP contribution in [0.5, 0.6) is 0 Å². The Morgan fingerprint density at radius 2 is 0.686 bits per heavy atom. The van der Waals surface area contributed by atoms with Crippen LogP contribution >= 0.6 is 0 Å². The molecule has 51 heavy (non-hydrogen) atoms. The number of benzene rings is 5. The van der Waals surface area contributed by atoms with Crippen LogP contribution in [0.4, 0.5) is 0 Å². The van der Waals surface area contributed by atoms with Crippen molar-refractivity contribution in [2.75, 3.05) is 26.2 Å². The number of hydrogen-bond donors (Lipinski definition) is 0. The monoisotopic (exact) mass is 743 g/mol. The van der Waals surface area contributed by atoms with Crippen molar-refractivity contribution in [3.8, 4) is 0 Å². The molecule has 0 N–H and O–H groups in total. The highest BCUT2D eigenvalue weighted by atomic mass is 32.2. The second-order valence-electron chi connectivity index (χ2n) is 12.8. The summed E-state index contributed by atoms with van der Waals surface area (Å²) in [5, 5.41) is 0. The second kappa shape index (κ2) is 14.8. The lowest BCUT2D eigenvalue weighted by atomic mass is 9.93. The molecule has 0 radical (unpaired) electrons. The average molecular weight is 744 g/mol. The molecule has 1 aliphatic rings. The van der Waals surface area contributed by atoms with E-state index < -0.39 is 42.2 Å². The van der Waals surface area contributed by atoms with Gasteiger partial charge in [0.1, 0.15) is 0 Å². The minimum absolute atomic E-state index is 0.0148. The molecule has 0 saturated carbocycles. The summed E-state index contributed by atoms with van der Waals surface area (Å²) in [5.41, 5.74) is 3.72. The first kappa shape index (κ1) is 36.6. The molecule has 12 heteroatoms. The maximum atomic E-state index is 15.0. The molecule has 6 rings (SSSR count). The summed E-state index contributed by atoms with van der Waals surface area (Å²) in [4.78, 5) is 0.0643. The normalized spacial score (nSPS) is 18.8. The van der Waals surface area contributed by atoms with Gasteiger partial charge in [0.15, 0.2) is 0 Å². The van der Waals surface area contributed by atoms with Crippen molar-refractivity contribution in [1.82, 2.24) is 12.9 Å². The fourth-order valence-corrected chi connectivity index (χ4v) is 11.1. The summed E-state index contributed by atoms with van der Waals surface area (Å²) in [5.74, 6) is 0. The Balaban J connectivity index is 1.64. The largest absolute Gasteiger partial charge is 0.243 e. The van der Waals surface area contributed by atoms with Gasteiger partial charge < -0.3 is 0 Å². The highest BCUT2D eigenvalue weighted by Crippen LogP contribution is 2.44. The van der Waals surface area contributed by atoms with Gasteiger partial charge in [0.2, 0.25) is 30.1 Å². The van der Waals surface area contributed by atoms with Gasteiger partial charge in [-0.15, -0.1) is 0 Å². The average Bonchev–Trinajstić information content (AvgIpc) is 3.21. The molecule has 1 fully saturated rings. The number of aryl methyl sites for hydroxylation is 3. The quantitative estimate of drug-likeness (QED) is 0.180. The van der Waals surface area contributed by atoms with E-state index in [1.165, 1.54) is 49.3 Å². The van der Waals surface area contributed by atoms with Crippen LogP contribution in [-0.4, -0.2) is 64.3 Å². The topological polar surface area (TPSA) is 112 Å². The van der Waals surface area contributed by atoms with Gasteiger partial charge in [-0.3, -0.25) is 0 Å². The zero-order valence-corrected chi connectivity index (χ0v) is 31.2. The Morgan fingerprint density at radius 3 is 1.00 bits per heavy atom. The van der Waals surface area contributed by atoms with Crippen molar-refractivity contribution in [2.24, 2.45) is 0 Å². The van der Waals surface area contributed by atoms with Crippen molar-refractivity contribution >= 4 is 30.1 Å². The molecule has 0 aliphatic carbocycles. The predicted octanol–water partition coefficient (Wildman–Crippen LogP) is 6.48. The molecular weight excluding hydrogens is 703 g/mol. The Bertz CT molecular complexity index is 2160. The molecular formula is C39H41N3O6S3. The molecule has 0 bridgehead atoms. The third kappa shape index (κ3) is 7.57. The van der Waals surface area contributed by atoms with Crippen LogP contribution in [0.15, 0.2) is 148 Å². The standard InChI is InChI=1S/C39H41N3O6S3/c1-30-14-20-35(21-15-30)49(43,44)40-26-28-41(50(45,46)36-22-16-31(2)17-23-36)38(33-10-6-4-7-11-33)39(34-12-8-5-9-13-34)42(29-27-40)51(47,48)37-24-18-32(3)19-25-37/h4-25,38-39H,26-29H2,1-3H3/t38-,39-/m1/s1. The minimum atomic E-state index is -4.36. The summed E-state index contributed by atoms with van der Waals surface area (Å²) in [7, 11) is -12.9. The first-order valence-electron chi connectivity index (χ1n) is 16.6. The van der Waals surface area contributed by atoms with Crippen molar-refractivity contribution in [3.63, 3.8) is 0 Å². The molecule has 0 spiro atoms. The maximum Gasteiger partial charge on any atom is 0.243 e. The van der Waals surface area contributed by atoms with Crippen LogP contribution in [0.25, 0.3) is 0 Å². The molecule has 1 saturated heterocycles. The van der Waals surface area contributed by atoms with Crippen LogP contribution in [0, 0.1) is 20.8 Å². The molecule has 1 heterocycles. The van der Waals surface area contributed by atoms with E-state index in [9.17, 15) is 25.3 Å². The first-order chi connectivity index (χ1) is 24.3. The lowest BCUT2D eigenvalue weighted by Crippen LogP contribution is -2.46. The highest BCUT2D eigenvalue weighted by molar-refractivity contribution is 7.90. The molecule has 1 aliphatic heterocycles. The fraction of sp³-hybridized carbons (Fsp3) is 0.231. The van der Waals surface area contributed by atoms with Crippen LogP contribution in [0.3, 0.4) is 0 Å². The van der Waals surface area contributed by atoms with Gasteiger partial charge in [-0.25, -0.2) is 25.3 Å². The summed E-state index contributed by atoms with van der Waals surface area (Å²) in [6.45, 7) is 4.64. The Hall–Kier alpha value is -4.17. The van der Waals surface area contributed by atoms with Gasteiger partial charge >= 0.3 is 0 Å². The maximum absolute atomic E-state index is 15.0. The van der Waals surface area contributed by atoms with E-state index in [-0.39, 0.29) is 40.9 Å². The summed E-state index contributed by atoms with van der Waals surface area (Å²) >= 11 is 0. The van der Waals surface area contributed by atoms with Crippen LogP contribution in [-0.2, 0) is 30.1 Å². The molecule has 266 valence electrons. The van der Waals surface area contributed by atoms with Crippen LogP contribution in [0.1, 0.15) is 39.9 Å². The zero-order valence-electron chi connectivity index (χ0n) is 28.7. The molecule has 9 nitrogen and oxygen atoms in total. The number of rotatable bonds is 8. The van der Waals surface area contributed by atoms with Gasteiger partial charge in [0.05, 0.1) is 26.8 Å². The second-order valence-corrected chi connectivity index (χ2v) is 18.5. The van der Waals surface area contributed by atoms with E-state index in [0.717, 1.165) is 16.7 Å². The van der Waals surface area contributed by atoms with E-state index in [0.29, 0.717) is 11.1 Å². The highest BCUT2D eigenvalue weighted by Gasteiger charge is 2.46. The molecule has 0 unspecified atom stereocenters. The van der Waals surface area contributed by atoms with Crippen molar-refractivity contribution in [2.45, 2.75) is 47.5 Å². The Morgan fingerprint density at radius 1 is 0.392 bits per heavy atom. The molecule has 0 aromatic heterocycles. The van der Waals surface area contributed by atoms with Gasteiger partial charge in [-0.1, -0.05) is 114 Å². The van der Waals surface area contributed by atoms with Crippen molar-refractivity contribution in [1.29, 1.82) is 0 Å². The zero-order chi connectivity index (χ0) is 36.4. The van der Waals surface area contributed by atoms with Gasteiger partial charge in [-0.2, -0.15) is 12.9 Å². The van der Waals surface area contributed by atoms with Crippen molar-refractivity contribution < 1.29 is 25.3 Å². The lowest BCUT2D eigenvalue weighted by molar-refractivity contribution is 0.203. The van der Waals surface area contributed by atoms with Gasteiger partial charge in [0, 0.05) is 26.2 Å². The van der Waals surface area contributed by atoms with Crippen LogP contribution < -0.4 is 0 Å². The summed E-state index contributed by atoms with van der Waals surface area (Å²) in [6.07, 6.45) is 0. The summed E-state index contributed by atoms with van der Waals surface area (Å²) < 4.78 is 92.2. The Labute approximate surface area is 302 Å². The fourth-order valence-electron chi connectivity index (χ4n) is 6.45. The van der Waals surface area contributed by atoms with E-state index >= 15 is 0 Å². The number of sulfonamides is 3. The number of nitrogens with zero attached hydrogens (tertiary/aromatic N) is 3. The SMILES string of the molecule is Cc1ccc(S(=O)(=O)N2CCN(S(=O)(=O)c3ccc(C)cc3)[C@H](c3ccccc3)[C@@H](c3ccccc3)N(S(=O)(=O)c3ccc(C)cc3)CC2)cc1. The smallest absolute Gasteiger partial charge is 0.207 e. The predicted molar refractivity (Wildman–Crippen MR) is 198 cm³/mol. The number of hydrogen-bond acceptors (Lipinski definition) is 6. The minimum Gasteiger partial charge on any atom is -0.207 e. The third-order valence-corrected chi connectivity index (χ3v) is 15.0. The third-order valence-electron chi connectivity index (χ3n) is 9.26. The lowest BCUT2D eigenvalue weighted by Gasteiger charge is -2.41. The van der Waals surface area contributed by atoms with E-state index in [2.05, 4.69) is 0 Å². The van der Waals surface area contributed by atoms with E-state index in [1.807, 2.05) is 32.9 Å². The Kier molecular flexibility index (Phi) is 10.6. The molecule has 5 aromatic carbocycles. The summed E-state index contributed by atoms with van der Waals surface area (Å²) in [6, 6.07) is 35.1. The molecule has 0 amide bonds. The van der Waals surface area contributed by atoms with Crippen LogP contribution in [0.2, 0.25) is 0 Å². The first-order valence-corrected chi connectivity index (χ1v) is 21.0. The van der Waals surface area contributed by atoms with E-state index in [4.69, 9.17) is 0 Å². The molecule has 5 aromatic rings. The van der Waals surface area contributed by atoms with Gasteiger partial charge in [-0.05, 0) is 68.3 Å². The molecule has 2 atom stereocenters. The van der Waals surface area contributed by atoms with E-state index in [1.54, 1.807) is 84.9 Å². The van der Waals surface area contributed by atoms with Crippen molar-refractivity contribution in [3.05, 3.63) is 161 Å². The van der Waals surface area contributed by atoms with Gasteiger partial charge in [0.25, 0.3) is 0 Å².